The highest BCUT2D eigenvalue weighted by molar-refractivity contribution is 6.30. The minimum Gasteiger partial charge on any atom is -0.340 e. The van der Waals surface area contributed by atoms with Crippen molar-refractivity contribution in [1.29, 1.82) is 0 Å². The second-order valence-corrected chi connectivity index (χ2v) is 5.31. The molecule has 0 aliphatic carbocycles. The first kappa shape index (κ1) is 13.8. The molecule has 0 unspecified atom stereocenters. The molecule has 2 rings (SSSR count). The fourth-order valence-electron chi connectivity index (χ4n) is 2.00. The standard InChI is InChI=1S/C15H18ClN3/c1-9(2)13-14(16)17-8-18-15(13)19-12-7-5-6-10(3)11(12)4/h5-9H,1-4H3,(H,17,18,19). The number of anilines is 2. The first-order valence-corrected chi connectivity index (χ1v) is 6.72. The van der Waals surface area contributed by atoms with Gasteiger partial charge in [0, 0.05) is 11.3 Å². The molecule has 4 heteroatoms. The topological polar surface area (TPSA) is 37.8 Å². The van der Waals surface area contributed by atoms with Crippen molar-refractivity contribution in [2.75, 3.05) is 5.32 Å². The Hall–Kier alpha value is -1.61. The SMILES string of the molecule is Cc1cccc(Nc2ncnc(Cl)c2C(C)C)c1C. The van der Waals surface area contributed by atoms with Gasteiger partial charge in [-0.1, -0.05) is 37.6 Å². The Morgan fingerprint density at radius 2 is 1.89 bits per heavy atom. The maximum Gasteiger partial charge on any atom is 0.138 e. The van der Waals surface area contributed by atoms with E-state index in [-0.39, 0.29) is 5.92 Å². The van der Waals surface area contributed by atoms with Gasteiger partial charge in [-0.15, -0.1) is 0 Å². The summed E-state index contributed by atoms with van der Waals surface area (Å²) in [6.45, 7) is 8.35. The van der Waals surface area contributed by atoms with E-state index in [4.69, 9.17) is 11.6 Å². The summed E-state index contributed by atoms with van der Waals surface area (Å²) in [5, 5.41) is 3.88. The van der Waals surface area contributed by atoms with Gasteiger partial charge < -0.3 is 5.32 Å². The third kappa shape index (κ3) is 2.87. The normalized spacial score (nSPS) is 10.8. The average molecular weight is 276 g/mol. The lowest BCUT2D eigenvalue weighted by molar-refractivity contribution is 0.850. The quantitative estimate of drug-likeness (QED) is 0.831. The van der Waals surface area contributed by atoms with Crippen molar-refractivity contribution in [3.05, 3.63) is 46.4 Å². The summed E-state index contributed by atoms with van der Waals surface area (Å²) in [5.41, 5.74) is 4.46. The summed E-state index contributed by atoms with van der Waals surface area (Å²) >= 11 is 6.17. The van der Waals surface area contributed by atoms with Gasteiger partial charge in [-0.2, -0.15) is 0 Å². The largest absolute Gasteiger partial charge is 0.340 e. The highest BCUT2D eigenvalue weighted by Crippen LogP contribution is 2.31. The van der Waals surface area contributed by atoms with Gasteiger partial charge in [0.2, 0.25) is 0 Å². The van der Waals surface area contributed by atoms with E-state index >= 15 is 0 Å². The van der Waals surface area contributed by atoms with Gasteiger partial charge in [0.25, 0.3) is 0 Å². The number of halogens is 1. The molecule has 1 heterocycles. The first-order chi connectivity index (χ1) is 9.00. The zero-order valence-corrected chi connectivity index (χ0v) is 12.4. The Balaban J connectivity index is 2.44. The number of rotatable bonds is 3. The third-order valence-electron chi connectivity index (χ3n) is 3.27. The summed E-state index contributed by atoms with van der Waals surface area (Å²) in [6, 6.07) is 6.17. The molecule has 1 aromatic heterocycles. The maximum absolute atomic E-state index is 6.17. The molecule has 0 bridgehead atoms. The van der Waals surface area contributed by atoms with Crippen molar-refractivity contribution in [2.24, 2.45) is 0 Å². The number of aryl methyl sites for hydroxylation is 1. The second kappa shape index (κ2) is 5.57. The molecule has 100 valence electrons. The van der Waals surface area contributed by atoms with Gasteiger partial charge in [-0.25, -0.2) is 9.97 Å². The Labute approximate surface area is 119 Å². The number of nitrogens with one attached hydrogen (secondary N) is 1. The lowest BCUT2D eigenvalue weighted by Gasteiger charge is -2.16. The minimum absolute atomic E-state index is 0.265. The third-order valence-corrected chi connectivity index (χ3v) is 3.57. The molecule has 0 saturated carbocycles. The molecule has 1 N–H and O–H groups in total. The monoisotopic (exact) mass is 275 g/mol. The minimum atomic E-state index is 0.265. The summed E-state index contributed by atoms with van der Waals surface area (Å²) < 4.78 is 0. The average Bonchev–Trinajstić information content (AvgIpc) is 2.34. The van der Waals surface area contributed by atoms with Gasteiger partial charge in [-0.05, 0) is 37.0 Å². The van der Waals surface area contributed by atoms with Crippen LogP contribution >= 0.6 is 11.6 Å². The Morgan fingerprint density at radius 3 is 2.58 bits per heavy atom. The van der Waals surface area contributed by atoms with Crippen LogP contribution in [0.5, 0.6) is 0 Å². The second-order valence-electron chi connectivity index (χ2n) is 4.95. The maximum atomic E-state index is 6.17. The fourth-order valence-corrected chi connectivity index (χ4v) is 2.35. The zero-order chi connectivity index (χ0) is 14.0. The molecule has 0 spiro atoms. The molecule has 0 atom stereocenters. The molecular formula is C15H18ClN3. The number of benzene rings is 1. The molecule has 0 radical (unpaired) electrons. The van der Waals surface area contributed by atoms with Crippen molar-refractivity contribution in [2.45, 2.75) is 33.6 Å². The van der Waals surface area contributed by atoms with Crippen molar-refractivity contribution in [3.63, 3.8) is 0 Å². The lowest BCUT2D eigenvalue weighted by Crippen LogP contribution is -2.04. The summed E-state index contributed by atoms with van der Waals surface area (Å²) in [5.74, 6) is 1.05. The van der Waals surface area contributed by atoms with Crippen molar-refractivity contribution < 1.29 is 0 Å². The number of hydrogen-bond acceptors (Lipinski definition) is 3. The van der Waals surface area contributed by atoms with Gasteiger partial charge in [0.05, 0.1) is 0 Å². The molecular weight excluding hydrogens is 258 g/mol. The van der Waals surface area contributed by atoms with Crippen LogP contribution in [0.15, 0.2) is 24.5 Å². The van der Waals surface area contributed by atoms with E-state index in [2.05, 4.69) is 49.0 Å². The van der Waals surface area contributed by atoms with Crippen LogP contribution in [0.1, 0.15) is 36.5 Å². The van der Waals surface area contributed by atoms with Crippen LogP contribution in [0.25, 0.3) is 0 Å². The van der Waals surface area contributed by atoms with Crippen LogP contribution in [0.2, 0.25) is 5.15 Å². The van der Waals surface area contributed by atoms with E-state index in [1.54, 1.807) is 0 Å². The van der Waals surface area contributed by atoms with Crippen LogP contribution in [0, 0.1) is 13.8 Å². The molecule has 2 aromatic rings. The zero-order valence-electron chi connectivity index (χ0n) is 11.7. The highest BCUT2D eigenvalue weighted by Gasteiger charge is 2.14. The van der Waals surface area contributed by atoms with Crippen LogP contribution in [-0.4, -0.2) is 9.97 Å². The Bertz CT molecular complexity index is 594. The molecule has 0 aliphatic rings. The van der Waals surface area contributed by atoms with Gasteiger partial charge >= 0.3 is 0 Å². The fraction of sp³-hybridized carbons (Fsp3) is 0.333. The molecule has 0 aliphatic heterocycles. The van der Waals surface area contributed by atoms with Crippen molar-refractivity contribution in [3.8, 4) is 0 Å². The number of aromatic nitrogens is 2. The predicted octanol–water partition coefficient (Wildman–Crippen LogP) is 4.61. The lowest BCUT2D eigenvalue weighted by atomic mass is 10.0. The van der Waals surface area contributed by atoms with E-state index in [1.165, 1.54) is 17.5 Å². The van der Waals surface area contributed by atoms with E-state index in [9.17, 15) is 0 Å². The number of nitrogens with zero attached hydrogens (tertiary/aromatic N) is 2. The summed E-state index contributed by atoms with van der Waals surface area (Å²) in [4.78, 5) is 8.38. The van der Waals surface area contributed by atoms with Crippen molar-refractivity contribution in [1.82, 2.24) is 9.97 Å². The van der Waals surface area contributed by atoms with E-state index in [1.807, 2.05) is 12.1 Å². The predicted molar refractivity (Wildman–Crippen MR) is 80.3 cm³/mol. The molecule has 3 nitrogen and oxygen atoms in total. The van der Waals surface area contributed by atoms with Crippen LogP contribution in [0.4, 0.5) is 11.5 Å². The molecule has 0 fully saturated rings. The van der Waals surface area contributed by atoms with Gasteiger partial charge in [-0.3, -0.25) is 0 Å². The summed E-state index contributed by atoms with van der Waals surface area (Å²) in [6.07, 6.45) is 1.49. The first-order valence-electron chi connectivity index (χ1n) is 6.34. The molecule has 1 aromatic carbocycles. The summed E-state index contributed by atoms with van der Waals surface area (Å²) in [7, 11) is 0. The van der Waals surface area contributed by atoms with Crippen LogP contribution < -0.4 is 5.32 Å². The van der Waals surface area contributed by atoms with E-state index < -0.39 is 0 Å². The van der Waals surface area contributed by atoms with Crippen LogP contribution in [-0.2, 0) is 0 Å². The molecule has 19 heavy (non-hydrogen) atoms. The van der Waals surface area contributed by atoms with Gasteiger partial charge in [0.1, 0.15) is 17.3 Å². The number of hydrogen-bond donors (Lipinski definition) is 1. The molecule has 0 amide bonds. The van der Waals surface area contributed by atoms with Crippen molar-refractivity contribution >= 4 is 23.1 Å². The van der Waals surface area contributed by atoms with E-state index in [0.29, 0.717) is 5.15 Å². The highest BCUT2D eigenvalue weighted by atomic mass is 35.5. The van der Waals surface area contributed by atoms with E-state index in [0.717, 1.165) is 17.1 Å². The Kier molecular flexibility index (Phi) is 4.05. The van der Waals surface area contributed by atoms with Crippen LogP contribution in [0.3, 0.4) is 0 Å². The van der Waals surface area contributed by atoms with Gasteiger partial charge in [0.15, 0.2) is 0 Å². The molecule has 0 saturated heterocycles. The Morgan fingerprint density at radius 1 is 1.16 bits per heavy atom. The smallest absolute Gasteiger partial charge is 0.138 e.